The third-order valence-corrected chi connectivity index (χ3v) is 4.03. The highest BCUT2D eigenvalue weighted by atomic mass is 32.2. The maximum Gasteiger partial charge on any atom is 0.150 e. The van der Waals surface area contributed by atoms with Crippen LogP contribution in [-0.2, 0) is 9.84 Å². The van der Waals surface area contributed by atoms with Gasteiger partial charge in [-0.2, -0.15) is 0 Å². The summed E-state index contributed by atoms with van der Waals surface area (Å²) in [4.78, 5) is 0. The van der Waals surface area contributed by atoms with Crippen molar-refractivity contribution in [3.63, 3.8) is 0 Å². The van der Waals surface area contributed by atoms with Gasteiger partial charge < -0.3 is 5.32 Å². The Labute approximate surface area is 93.6 Å². The van der Waals surface area contributed by atoms with E-state index >= 15 is 0 Å². The van der Waals surface area contributed by atoms with Gasteiger partial charge in [-0.3, -0.25) is 0 Å². The fourth-order valence-corrected chi connectivity index (χ4v) is 2.12. The molecule has 0 aromatic rings. The molecular weight excluding hydrogens is 210 g/mol. The molecule has 0 amide bonds. The van der Waals surface area contributed by atoms with Crippen molar-refractivity contribution in [2.24, 2.45) is 0 Å². The Morgan fingerprint density at radius 1 is 1.40 bits per heavy atom. The van der Waals surface area contributed by atoms with E-state index in [-0.39, 0.29) is 17.5 Å². The largest absolute Gasteiger partial charge is 0.304 e. The maximum atomic E-state index is 11.2. The second-order valence-electron chi connectivity index (χ2n) is 3.55. The van der Waals surface area contributed by atoms with Crippen LogP contribution in [0.4, 0.5) is 0 Å². The molecule has 1 atom stereocenters. The Hall–Kier alpha value is -0.530. The lowest BCUT2D eigenvalue weighted by Gasteiger charge is -2.11. The molecule has 0 saturated carbocycles. The molecule has 0 aliphatic carbocycles. The first-order valence-electron chi connectivity index (χ1n) is 5.45. The molecule has 4 heteroatoms. The molecule has 0 rings (SSSR count). The van der Waals surface area contributed by atoms with Gasteiger partial charge in [0, 0.05) is 5.75 Å². The fourth-order valence-electron chi connectivity index (χ4n) is 1.25. The van der Waals surface area contributed by atoms with Gasteiger partial charge in [-0.25, -0.2) is 8.42 Å². The zero-order valence-corrected chi connectivity index (χ0v) is 10.4. The molecule has 0 aromatic heterocycles. The van der Waals surface area contributed by atoms with Crippen LogP contribution in [0, 0.1) is 12.3 Å². The lowest BCUT2D eigenvalue weighted by Crippen LogP contribution is -2.29. The summed E-state index contributed by atoms with van der Waals surface area (Å²) in [5.41, 5.74) is 0. The first-order valence-corrected chi connectivity index (χ1v) is 7.27. The molecule has 0 aromatic carbocycles. The summed E-state index contributed by atoms with van der Waals surface area (Å²) >= 11 is 0. The highest BCUT2D eigenvalue weighted by Gasteiger charge is 2.07. The average molecular weight is 231 g/mol. The summed E-state index contributed by atoms with van der Waals surface area (Å²) in [7, 11) is -2.83. The van der Waals surface area contributed by atoms with Gasteiger partial charge in [-0.05, 0) is 19.4 Å². The standard InChI is InChI=1S/C11H21NO2S/c1-4-8-11(5-2)12-9-7-10-15(13,14)6-3/h2,11-12H,4,6-10H2,1,3H3. The van der Waals surface area contributed by atoms with Crippen LogP contribution in [-0.4, -0.2) is 32.5 Å². The molecule has 0 bridgehead atoms. The minimum Gasteiger partial charge on any atom is -0.304 e. The minimum absolute atomic E-state index is 0.0827. The molecule has 1 N–H and O–H groups in total. The van der Waals surface area contributed by atoms with Crippen molar-refractivity contribution < 1.29 is 8.42 Å². The van der Waals surface area contributed by atoms with Gasteiger partial charge in [0.05, 0.1) is 11.8 Å². The third-order valence-electron chi connectivity index (χ3n) is 2.24. The number of rotatable bonds is 8. The van der Waals surface area contributed by atoms with E-state index < -0.39 is 9.84 Å². The van der Waals surface area contributed by atoms with Crippen molar-refractivity contribution in [1.82, 2.24) is 5.32 Å². The maximum absolute atomic E-state index is 11.2. The average Bonchev–Trinajstić information content (AvgIpc) is 2.22. The molecule has 15 heavy (non-hydrogen) atoms. The minimum atomic E-state index is -2.83. The van der Waals surface area contributed by atoms with Gasteiger partial charge in [-0.1, -0.05) is 26.2 Å². The molecule has 1 unspecified atom stereocenters. The molecule has 88 valence electrons. The number of nitrogens with one attached hydrogen (secondary N) is 1. The normalized spacial score (nSPS) is 13.4. The van der Waals surface area contributed by atoms with Gasteiger partial charge in [-0.15, -0.1) is 6.42 Å². The van der Waals surface area contributed by atoms with E-state index in [1.165, 1.54) is 0 Å². The third kappa shape index (κ3) is 7.40. The lowest BCUT2D eigenvalue weighted by molar-refractivity contribution is 0.554. The molecule has 0 fully saturated rings. The molecular formula is C11H21NO2S. The topological polar surface area (TPSA) is 46.2 Å². The fraction of sp³-hybridized carbons (Fsp3) is 0.818. The quantitative estimate of drug-likeness (QED) is 0.504. The molecule has 3 nitrogen and oxygen atoms in total. The summed E-state index contributed by atoms with van der Waals surface area (Å²) < 4.78 is 22.3. The Morgan fingerprint density at radius 3 is 2.53 bits per heavy atom. The van der Waals surface area contributed by atoms with Crippen molar-refractivity contribution in [3.05, 3.63) is 0 Å². The summed E-state index contributed by atoms with van der Waals surface area (Å²) in [6, 6.07) is 0.0827. The Balaban J connectivity index is 3.67. The van der Waals surface area contributed by atoms with E-state index in [1.54, 1.807) is 6.92 Å². The van der Waals surface area contributed by atoms with Crippen LogP contribution < -0.4 is 5.32 Å². The highest BCUT2D eigenvalue weighted by molar-refractivity contribution is 7.91. The van der Waals surface area contributed by atoms with Gasteiger partial charge >= 0.3 is 0 Å². The van der Waals surface area contributed by atoms with Gasteiger partial charge in [0.25, 0.3) is 0 Å². The predicted octanol–water partition coefficient (Wildman–Crippen LogP) is 1.20. The molecule has 0 saturated heterocycles. The first kappa shape index (κ1) is 14.5. The summed E-state index contributed by atoms with van der Waals surface area (Å²) in [5, 5.41) is 3.17. The second kappa shape index (κ2) is 7.72. The van der Waals surface area contributed by atoms with Crippen molar-refractivity contribution >= 4 is 9.84 Å². The number of hydrogen-bond donors (Lipinski definition) is 1. The highest BCUT2D eigenvalue weighted by Crippen LogP contribution is 1.96. The van der Waals surface area contributed by atoms with E-state index in [0.29, 0.717) is 13.0 Å². The van der Waals surface area contributed by atoms with Crippen molar-refractivity contribution in [1.29, 1.82) is 0 Å². The molecule has 0 aliphatic heterocycles. The number of sulfone groups is 1. The number of hydrogen-bond acceptors (Lipinski definition) is 3. The van der Waals surface area contributed by atoms with E-state index in [4.69, 9.17) is 6.42 Å². The Bertz CT molecular complexity index is 290. The monoisotopic (exact) mass is 231 g/mol. The lowest BCUT2D eigenvalue weighted by atomic mass is 10.2. The van der Waals surface area contributed by atoms with Crippen molar-refractivity contribution in [2.75, 3.05) is 18.1 Å². The number of terminal acetylenes is 1. The molecule has 0 radical (unpaired) electrons. The van der Waals surface area contributed by atoms with E-state index in [9.17, 15) is 8.42 Å². The zero-order valence-electron chi connectivity index (χ0n) is 9.62. The SMILES string of the molecule is C#CC(CCC)NCCCS(=O)(=O)CC. The van der Waals surface area contributed by atoms with Crippen LogP contribution in [0.15, 0.2) is 0 Å². The summed E-state index contributed by atoms with van der Waals surface area (Å²) in [6.45, 7) is 4.42. The van der Waals surface area contributed by atoms with Crippen LogP contribution in [0.2, 0.25) is 0 Å². The van der Waals surface area contributed by atoms with Crippen molar-refractivity contribution in [3.8, 4) is 12.3 Å². The van der Waals surface area contributed by atoms with Gasteiger partial charge in [0.1, 0.15) is 9.84 Å². The Morgan fingerprint density at radius 2 is 2.07 bits per heavy atom. The Kier molecular flexibility index (Phi) is 7.45. The van der Waals surface area contributed by atoms with Crippen molar-refractivity contribution in [2.45, 2.75) is 39.2 Å². The van der Waals surface area contributed by atoms with Crippen LogP contribution in [0.3, 0.4) is 0 Å². The smallest absolute Gasteiger partial charge is 0.150 e. The predicted molar refractivity (Wildman–Crippen MR) is 64.5 cm³/mol. The van der Waals surface area contributed by atoms with Gasteiger partial charge in [0.15, 0.2) is 0 Å². The van der Waals surface area contributed by atoms with Crippen LogP contribution in [0.25, 0.3) is 0 Å². The van der Waals surface area contributed by atoms with E-state index in [1.807, 2.05) is 0 Å². The van der Waals surface area contributed by atoms with Gasteiger partial charge in [0.2, 0.25) is 0 Å². The van der Waals surface area contributed by atoms with Crippen LogP contribution in [0.5, 0.6) is 0 Å². The summed E-state index contributed by atoms with van der Waals surface area (Å²) in [6.07, 6.45) is 7.94. The second-order valence-corrected chi connectivity index (χ2v) is 6.02. The first-order chi connectivity index (χ1) is 7.05. The summed E-state index contributed by atoms with van der Waals surface area (Å²) in [5.74, 6) is 3.13. The molecule has 0 aliphatic rings. The van der Waals surface area contributed by atoms with E-state index in [0.717, 1.165) is 12.8 Å². The zero-order chi connectivity index (χ0) is 11.7. The molecule has 0 spiro atoms. The van der Waals surface area contributed by atoms with E-state index in [2.05, 4.69) is 18.2 Å². The van der Waals surface area contributed by atoms with Crippen LogP contribution >= 0.6 is 0 Å². The van der Waals surface area contributed by atoms with Crippen LogP contribution in [0.1, 0.15) is 33.1 Å². The molecule has 0 heterocycles.